The van der Waals surface area contributed by atoms with Crippen LogP contribution in [0.2, 0.25) is 0 Å². The van der Waals surface area contributed by atoms with Gasteiger partial charge < -0.3 is 14.3 Å². The predicted molar refractivity (Wildman–Crippen MR) is 107 cm³/mol. The summed E-state index contributed by atoms with van der Waals surface area (Å²) in [6.07, 6.45) is 7.00. The first kappa shape index (κ1) is 19.0. The molecule has 4 heterocycles. The van der Waals surface area contributed by atoms with E-state index in [2.05, 4.69) is 20.1 Å². The van der Waals surface area contributed by atoms with Gasteiger partial charge in [-0.25, -0.2) is 4.79 Å². The third-order valence-electron chi connectivity index (χ3n) is 5.43. The molecule has 150 valence electrons. The van der Waals surface area contributed by atoms with Crippen molar-refractivity contribution in [1.82, 2.24) is 29.9 Å². The van der Waals surface area contributed by atoms with Crippen LogP contribution in [-0.2, 0) is 0 Å². The topological polar surface area (TPSA) is 88.3 Å². The minimum Gasteiger partial charge on any atom is -0.339 e. The monoisotopic (exact) mass is 392 g/mol. The van der Waals surface area contributed by atoms with Gasteiger partial charge >= 0.3 is 6.03 Å². The fraction of sp³-hybridized carbons (Fsp3) is 0.381. The van der Waals surface area contributed by atoms with E-state index < -0.39 is 0 Å². The van der Waals surface area contributed by atoms with Gasteiger partial charge in [-0.1, -0.05) is 11.2 Å². The number of pyridine rings is 2. The Morgan fingerprint density at radius 1 is 1.10 bits per heavy atom. The van der Waals surface area contributed by atoms with Crippen LogP contribution < -0.4 is 0 Å². The number of rotatable bonds is 5. The maximum Gasteiger partial charge on any atom is 0.320 e. The molecule has 0 bridgehead atoms. The number of aromatic nitrogens is 4. The van der Waals surface area contributed by atoms with Crippen molar-refractivity contribution < 1.29 is 9.32 Å². The minimum atomic E-state index is -0.0817. The molecule has 1 saturated heterocycles. The summed E-state index contributed by atoms with van der Waals surface area (Å²) >= 11 is 0. The van der Waals surface area contributed by atoms with Gasteiger partial charge in [-0.15, -0.1) is 0 Å². The van der Waals surface area contributed by atoms with E-state index in [4.69, 9.17) is 4.52 Å². The molecular weight excluding hydrogens is 368 g/mol. The zero-order chi connectivity index (χ0) is 20.2. The van der Waals surface area contributed by atoms with Crippen LogP contribution in [0.5, 0.6) is 0 Å². The molecule has 3 aromatic heterocycles. The molecule has 0 N–H and O–H groups in total. The summed E-state index contributed by atoms with van der Waals surface area (Å²) in [5.41, 5.74) is 1.91. The van der Waals surface area contributed by atoms with Gasteiger partial charge in [-0.05, 0) is 37.6 Å². The van der Waals surface area contributed by atoms with Crippen molar-refractivity contribution in [2.45, 2.75) is 25.7 Å². The summed E-state index contributed by atoms with van der Waals surface area (Å²) in [4.78, 5) is 29.6. The van der Waals surface area contributed by atoms with Crippen LogP contribution in [0.3, 0.4) is 0 Å². The quantitative estimate of drug-likeness (QED) is 0.663. The largest absolute Gasteiger partial charge is 0.339 e. The Morgan fingerprint density at radius 3 is 2.55 bits per heavy atom. The first-order valence-corrected chi connectivity index (χ1v) is 9.89. The van der Waals surface area contributed by atoms with Gasteiger partial charge in [0.15, 0.2) is 0 Å². The number of carbonyl (C=O) groups excluding carboxylic acids is 1. The van der Waals surface area contributed by atoms with E-state index >= 15 is 0 Å². The molecule has 8 heteroatoms. The highest BCUT2D eigenvalue weighted by molar-refractivity contribution is 5.75. The van der Waals surface area contributed by atoms with Gasteiger partial charge in [0.25, 0.3) is 0 Å². The second-order valence-corrected chi connectivity index (χ2v) is 7.05. The van der Waals surface area contributed by atoms with E-state index in [1.807, 2.05) is 54.1 Å². The van der Waals surface area contributed by atoms with Gasteiger partial charge in [0.05, 0.1) is 5.92 Å². The number of urea groups is 1. The number of carbonyl (C=O) groups is 1. The molecule has 2 atom stereocenters. The zero-order valence-corrected chi connectivity index (χ0v) is 16.6. The average molecular weight is 392 g/mol. The van der Waals surface area contributed by atoms with Crippen molar-refractivity contribution in [2.24, 2.45) is 0 Å². The van der Waals surface area contributed by atoms with Crippen LogP contribution in [0.4, 0.5) is 4.79 Å². The van der Waals surface area contributed by atoms with Crippen LogP contribution in [0.25, 0.3) is 11.4 Å². The van der Waals surface area contributed by atoms with E-state index in [0.29, 0.717) is 37.9 Å². The highest BCUT2D eigenvalue weighted by Crippen LogP contribution is 2.39. The second-order valence-electron chi connectivity index (χ2n) is 7.05. The van der Waals surface area contributed by atoms with Crippen LogP contribution in [0.1, 0.15) is 37.1 Å². The number of hydrogen-bond donors (Lipinski definition) is 0. The SMILES string of the molecule is CCN(CC)C(=O)N1C[C@@H](c2cccnc2)[C@H](c2nc(-c3ccncc3)no2)C1. The first-order chi connectivity index (χ1) is 14.2. The lowest BCUT2D eigenvalue weighted by Crippen LogP contribution is -2.42. The molecule has 3 aromatic rings. The van der Waals surface area contributed by atoms with Gasteiger partial charge in [0.2, 0.25) is 11.7 Å². The van der Waals surface area contributed by atoms with Crippen LogP contribution in [-0.4, -0.2) is 62.1 Å². The van der Waals surface area contributed by atoms with Crippen LogP contribution >= 0.6 is 0 Å². The summed E-state index contributed by atoms with van der Waals surface area (Å²) in [7, 11) is 0. The molecule has 1 aliphatic rings. The summed E-state index contributed by atoms with van der Waals surface area (Å²) in [5, 5.41) is 4.15. The zero-order valence-electron chi connectivity index (χ0n) is 16.6. The molecule has 2 amide bonds. The Bertz CT molecular complexity index is 942. The lowest BCUT2D eigenvalue weighted by molar-refractivity contribution is 0.166. The predicted octanol–water partition coefficient (Wildman–Crippen LogP) is 3.17. The smallest absolute Gasteiger partial charge is 0.320 e. The molecule has 1 fully saturated rings. The number of likely N-dealkylation sites (tertiary alicyclic amines) is 1. The van der Waals surface area contributed by atoms with Gasteiger partial charge in [-0.2, -0.15) is 4.98 Å². The number of nitrogens with zero attached hydrogens (tertiary/aromatic N) is 6. The van der Waals surface area contributed by atoms with Gasteiger partial charge in [-0.3, -0.25) is 9.97 Å². The van der Waals surface area contributed by atoms with Crippen LogP contribution in [0, 0.1) is 0 Å². The molecule has 0 unspecified atom stereocenters. The van der Waals surface area contributed by atoms with E-state index in [-0.39, 0.29) is 17.9 Å². The van der Waals surface area contributed by atoms with Crippen molar-refractivity contribution in [3.05, 3.63) is 60.5 Å². The highest BCUT2D eigenvalue weighted by atomic mass is 16.5. The van der Waals surface area contributed by atoms with E-state index in [0.717, 1.165) is 11.1 Å². The number of hydrogen-bond acceptors (Lipinski definition) is 6. The molecule has 0 spiro atoms. The maximum atomic E-state index is 13.0. The fourth-order valence-electron chi connectivity index (χ4n) is 3.84. The van der Waals surface area contributed by atoms with Gasteiger partial charge in [0, 0.05) is 62.4 Å². The summed E-state index contributed by atoms with van der Waals surface area (Å²) < 4.78 is 5.64. The van der Waals surface area contributed by atoms with Crippen molar-refractivity contribution in [3.63, 3.8) is 0 Å². The Balaban J connectivity index is 1.64. The maximum absolute atomic E-state index is 13.0. The average Bonchev–Trinajstić information content (AvgIpc) is 3.43. The minimum absolute atomic E-state index is 0.0419. The molecule has 0 saturated carbocycles. The Labute approximate surface area is 169 Å². The van der Waals surface area contributed by atoms with E-state index in [1.54, 1.807) is 18.6 Å². The van der Waals surface area contributed by atoms with E-state index in [9.17, 15) is 4.79 Å². The fourth-order valence-corrected chi connectivity index (χ4v) is 3.84. The highest BCUT2D eigenvalue weighted by Gasteiger charge is 2.41. The molecule has 1 aliphatic heterocycles. The second kappa shape index (κ2) is 8.38. The molecule has 0 radical (unpaired) electrons. The van der Waals surface area contributed by atoms with Crippen molar-refractivity contribution in [2.75, 3.05) is 26.2 Å². The lowest BCUT2D eigenvalue weighted by atomic mass is 9.90. The molecule has 29 heavy (non-hydrogen) atoms. The standard InChI is InChI=1S/C21H24N6O2/c1-3-26(4-2)21(28)27-13-17(16-6-5-9-23-12-16)18(14-27)20-24-19(25-29-20)15-7-10-22-11-8-15/h5-12,17-18H,3-4,13-14H2,1-2H3/t17-,18+/m0/s1. The van der Waals surface area contributed by atoms with Gasteiger partial charge in [0.1, 0.15) is 0 Å². The Kier molecular flexibility index (Phi) is 5.50. The first-order valence-electron chi connectivity index (χ1n) is 9.89. The summed E-state index contributed by atoms with van der Waals surface area (Å²) in [6.45, 7) is 6.48. The summed E-state index contributed by atoms with van der Waals surface area (Å²) in [5.74, 6) is 1.04. The molecular formula is C21H24N6O2. The molecule has 4 rings (SSSR count). The van der Waals surface area contributed by atoms with Crippen molar-refractivity contribution in [1.29, 1.82) is 0 Å². The molecule has 0 aliphatic carbocycles. The third-order valence-corrected chi connectivity index (χ3v) is 5.43. The van der Waals surface area contributed by atoms with E-state index in [1.165, 1.54) is 0 Å². The Morgan fingerprint density at radius 2 is 1.86 bits per heavy atom. The summed E-state index contributed by atoms with van der Waals surface area (Å²) in [6, 6.07) is 7.68. The molecule has 0 aromatic carbocycles. The molecule has 8 nitrogen and oxygen atoms in total. The Hall–Kier alpha value is -3.29. The third kappa shape index (κ3) is 3.83. The number of amides is 2. The van der Waals surface area contributed by atoms with Crippen LogP contribution in [0.15, 0.2) is 53.6 Å². The normalized spacial score (nSPS) is 18.8. The van der Waals surface area contributed by atoms with Crippen molar-refractivity contribution >= 4 is 6.03 Å². The lowest BCUT2D eigenvalue weighted by Gasteiger charge is -2.26. The van der Waals surface area contributed by atoms with Crippen molar-refractivity contribution in [3.8, 4) is 11.4 Å².